The maximum absolute atomic E-state index is 10.2. The molecule has 1 N–H and O–H groups in total. The van der Waals surface area contributed by atoms with Gasteiger partial charge in [-0.1, -0.05) is 34.1 Å². The normalized spacial score (nSPS) is 8.30. The minimum Gasteiger partial charge on any atom is -0.550 e. The zero-order valence-corrected chi connectivity index (χ0v) is 20.4. The van der Waals surface area contributed by atoms with Gasteiger partial charge in [-0.15, -0.1) is 0 Å². The Morgan fingerprint density at radius 3 is 0.867 bits per heavy atom. The topological polar surface area (TPSA) is 192 Å². The average Bonchev–Trinajstić information content (AvgIpc) is 2.62. The number of Topliss-reactive ketones (excluding diaryl/α,β-unsaturated/α-hetero) is 3. The predicted octanol–water partition coefficient (Wildman–Crippen LogP) is -1.91. The molecule has 0 atom stereocenters. The molecule has 0 rings (SSSR count). The Kier molecular flexibility index (Phi) is 38.1. The van der Waals surface area contributed by atoms with Gasteiger partial charge in [0.1, 0.15) is 17.3 Å². The number of carbonyl (C=O) groups is 6. The molecule has 0 aliphatic carbocycles. The zero-order chi connectivity index (χ0) is 23.8. The van der Waals surface area contributed by atoms with Crippen LogP contribution < -0.4 is 15.3 Å². The van der Waals surface area contributed by atoms with Crippen molar-refractivity contribution < 1.29 is 75.4 Å². The second-order valence-electron chi connectivity index (χ2n) is 5.40. The average molecular weight is 511 g/mol. The first-order chi connectivity index (χ1) is 13.4. The molecular weight excluding hydrogens is 479 g/mol. The first-order valence-corrected chi connectivity index (χ1v) is 9.16. The van der Waals surface area contributed by atoms with Crippen molar-refractivity contribution in [2.75, 3.05) is 6.61 Å². The first-order valence-electron chi connectivity index (χ1n) is 9.16. The third-order valence-corrected chi connectivity index (χ3v) is 2.72. The molecule has 0 aliphatic heterocycles. The molecule has 171 valence electrons. The van der Waals surface area contributed by atoms with Crippen LogP contribution in [0, 0.1) is 0 Å². The molecule has 0 heterocycles. The first kappa shape index (κ1) is 38.8. The fourth-order valence-corrected chi connectivity index (χ4v) is 1.02. The van der Waals surface area contributed by atoms with E-state index >= 15 is 0 Å². The van der Waals surface area contributed by atoms with Gasteiger partial charge in [0, 0.05) is 63.0 Å². The summed E-state index contributed by atoms with van der Waals surface area (Å²) in [4.78, 5) is 59.5. The van der Waals surface area contributed by atoms with Gasteiger partial charge in [0.25, 0.3) is 0 Å². The third kappa shape index (κ3) is 50.3. The van der Waals surface area contributed by atoms with E-state index in [4.69, 9.17) is 5.11 Å². The van der Waals surface area contributed by atoms with Crippen molar-refractivity contribution in [1.29, 1.82) is 0 Å². The van der Waals surface area contributed by atoms with Crippen LogP contribution in [0.15, 0.2) is 0 Å². The maximum atomic E-state index is 10.2. The van der Waals surface area contributed by atoms with Crippen molar-refractivity contribution >= 4 is 35.3 Å². The summed E-state index contributed by atoms with van der Waals surface area (Å²) in [6.07, 6.45) is 1.51. The van der Waals surface area contributed by atoms with Crippen molar-refractivity contribution in [2.45, 2.75) is 79.1 Å². The number of aliphatic hydroxyl groups is 1. The number of unbranched alkanes of at least 4 members (excludes halogenated alkanes) is 1. The van der Waals surface area contributed by atoms with E-state index in [9.17, 15) is 44.1 Å². The smallest absolute Gasteiger partial charge is 0.550 e. The fraction of sp³-hybridized carbons (Fsp3) is 0.684. The molecule has 0 saturated heterocycles. The summed E-state index contributed by atoms with van der Waals surface area (Å²) in [5.74, 6) is -4.74. The summed E-state index contributed by atoms with van der Waals surface area (Å²) in [5, 5.41) is 37.0. The number of carbonyl (C=O) groups excluding carboxylic acids is 6. The summed E-state index contributed by atoms with van der Waals surface area (Å²) in [6.45, 7) is 7.24. The number of rotatable bonds is 11. The predicted molar refractivity (Wildman–Crippen MR) is 96.8 cm³/mol. The van der Waals surface area contributed by atoms with Gasteiger partial charge >= 0.3 is 26.2 Å². The monoisotopic (exact) mass is 509 g/mol. The number of carboxylic acid groups (broad SMARTS) is 3. The SMILES string of the molecule is CCC(=O)CC(=O)[O-].CCC(=O)CC(=O)[O-].CCC(=O)CC(=O)[O-].CCCCO.[Zr+3]. The number of carboxylic acids is 3. The molecule has 0 aromatic rings. The van der Waals surface area contributed by atoms with Gasteiger partial charge in [-0.2, -0.15) is 0 Å². The molecule has 0 unspecified atom stereocenters. The van der Waals surface area contributed by atoms with E-state index < -0.39 is 37.2 Å². The van der Waals surface area contributed by atoms with E-state index in [1.54, 1.807) is 20.8 Å². The van der Waals surface area contributed by atoms with Crippen LogP contribution in [0.2, 0.25) is 0 Å². The van der Waals surface area contributed by atoms with E-state index in [1.807, 2.05) is 0 Å². The largest absolute Gasteiger partial charge is 3.00 e. The summed E-state index contributed by atoms with van der Waals surface area (Å²) in [7, 11) is 0. The quantitative estimate of drug-likeness (QED) is 0.307. The van der Waals surface area contributed by atoms with Gasteiger partial charge in [0.2, 0.25) is 0 Å². The Hall–Kier alpha value is -1.74. The van der Waals surface area contributed by atoms with Crippen LogP contribution in [0.5, 0.6) is 0 Å². The second kappa shape index (κ2) is 29.5. The van der Waals surface area contributed by atoms with Crippen molar-refractivity contribution in [3.63, 3.8) is 0 Å². The molecule has 1 radical (unpaired) electrons. The van der Waals surface area contributed by atoms with Crippen LogP contribution in [0.3, 0.4) is 0 Å². The van der Waals surface area contributed by atoms with E-state index in [2.05, 4.69) is 6.92 Å². The van der Waals surface area contributed by atoms with Crippen LogP contribution in [0.4, 0.5) is 0 Å². The second-order valence-corrected chi connectivity index (χ2v) is 5.40. The molecule has 30 heavy (non-hydrogen) atoms. The minimum atomic E-state index is -1.29. The number of hydrogen-bond acceptors (Lipinski definition) is 10. The van der Waals surface area contributed by atoms with E-state index in [0.29, 0.717) is 6.61 Å². The van der Waals surface area contributed by atoms with Crippen LogP contribution >= 0.6 is 0 Å². The van der Waals surface area contributed by atoms with E-state index in [-0.39, 0.29) is 62.8 Å². The van der Waals surface area contributed by atoms with Crippen LogP contribution in [0.25, 0.3) is 0 Å². The number of aliphatic carboxylic acids is 3. The molecule has 10 nitrogen and oxygen atoms in total. The van der Waals surface area contributed by atoms with Gasteiger partial charge < -0.3 is 34.8 Å². The molecule has 0 spiro atoms. The van der Waals surface area contributed by atoms with Gasteiger partial charge in [0.15, 0.2) is 0 Å². The van der Waals surface area contributed by atoms with Gasteiger partial charge in [-0.3, -0.25) is 14.4 Å². The molecule has 0 bridgehead atoms. The molecule has 0 amide bonds. The molecule has 0 aromatic carbocycles. The maximum Gasteiger partial charge on any atom is 3.00 e. The molecular formula is C19H31O10Zr. The Morgan fingerprint density at radius 1 is 0.600 bits per heavy atom. The zero-order valence-electron chi connectivity index (χ0n) is 18.0. The van der Waals surface area contributed by atoms with Crippen molar-refractivity contribution in [3.8, 4) is 0 Å². The summed E-state index contributed by atoms with van der Waals surface area (Å²) in [5.41, 5.74) is 0. The third-order valence-electron chi connectivity index (χ3n) is 2.72. The molecule has 0 saturated carbocycles. The Labute approximate surface area is 196 Å². The number of ketones is 3. The summed E-state index contributed by atoms with van der Waals surface area (Å²) < 4.78 is 0. The molecule has 0 aliphatic rings. The Bertz CT molecular complexity index is 435. The molecule has 0 fully saturated rings. The van der Waals surface area contributed by atoms with Crippen LogP contribution in [-0.2, 0) is 55.0 Å². The van der Waals surface area contributed by atoms with Crippen LogP contribution in [0.1, 0.15) is 79.1 Å². The van der Waals surface area contributed by atoms with Crippen molar-refractivity contribution in [3.05, 3.63) is 0 Å². The van der Waals surface area contributed by atoms with Crippen molar-refractivity contribution in [2.24, 2.45) is 0 Å². The Morgan fingerprint density at radius 2 is 0.833 bits per heavy atom. The standard InChI is InChI=1S/3C5H8O3.C4H10O.Zr/c3*1-2-4(6)3-5(7)8;1-2-3-4-5;/h3*2-3H2,1H3,(H,7,8);5H,2-4H2,1H3;/q;;;;+3/p-3. The molecule has 11 heteroatoms. The number of aliphatic hydroxyl groups excluding tert-OH is 1. The van der Waals surface area contributed by atoms with Gasteiger partial charge in [-0.25, -0.2) is 0 Å². The Balaban J connectivity index is -0.0000000929. The number of hydrogen-bond donors (Lipinski definition) is 1. The van der Waals surface area contributed by atoms with Gasteiger partial charge in [-0.05, 0) is 6.42 Å². The summed E-state index contributed by atoms with van der Waals surface area (Å²) >= 11 is 0. The van der Waals surface area contributed by atoms with E-state index in [0.717, 1.165) is 12.8 Å². The summed E-state index contributed by atoms with van der Waals surface area (Å²) in [6, 6.07) is 0. The van der Waals surface area contributed by atoms with E-state index in [1.165, 1.54) is 0 Å². The van der Waals surface area contributed by atoms with Crippen LogP contribution in [-0.4, -0.2) is 47.0 Å². The fourth-order valence-electron chi connectivity index (χ4n) is 1.02. The molecule has 0 aromatic heterocycles. The van der Waals surface area contributed by atoms with Gasteiger partial charge in [0.05, 0.1) is 0 Å². The van der Waals surface area contributed by atoms with Crippen molar-refractivity contribution in [1.82, 2.24) is 0 Å². The minimum absolute atomic E-state index is 0.